The van der Waals surface area contributed by atoms with Gasteiger partial charge in [-0.05, 0) is 32.6 Å². The van der Waals surface area contributed by atoms with Crippen molar-refractivity contribution in [3.8, 4) is 0 Å². The predicted molar refractivity (Wildman–Crippen MR) is 212 cm³/mol. The van der Waals surface area contributed by atoms with E-state index in [1.807, 2.05) is 0 Å². The molecular weight excluding hydrogens is 569 g/mol. The third kappa shape index (κ3) is 26.7. The first-order valence-electron chi connectivity index (χ1n) is 22.3. The van der Waals surface area contributed by atoms with Crippen molar-refractivity contribution < 1.29 is 4.57 Å². The van der Waals surface area contributed by atoms with Gasteiger partial charge in [0.05, 0.1) is 12.0 Å². The van der Waals surface area contributed by atoms with Crippen molar-refractivity contribution in [3.05, 3.63) is 18.2 Å². The normalized spacial score (nSPS) is 13.0. The molecule has 2 heteroatoms. The minimum atomic E-state index is 0.618. The van der Waals surface area contributed by atoms with Crippen LogP contribution in [-0.4, -0.2) is 4.98 Å². The first-order chi connectivity index (χ1) is 23.2. The lowest BCUT2D eigenvalue weighted by Gasteiger charge is -2.17. The van der Waals surface area contributed by atoms with Crippen LogP contribution in [0.2, 0.25) is 0 Å². The highest BCUT2D eigenvalue weighted by molar-refractivity contribution is 4.90. The number of aromatic amines is 1. The molecule has 2 atom stereocenters. The molecule has 1 aromatic heterocycles. The number of hydrogen-bond acceptors (Lipinski definition) is 0. The molecule has 2 unspecified atom stereocenters. The summed E-state index contributed by atoms with van der Waals surface area (Å²) in [7, 11) is 0. The van der Waals surface area contributed by atoms with Crippen LogP contribution in [0.3, 0.4) is 0 Å². The highest BCUT2D eigenvalue weighted by Gasteiger charge is 2.25. The summed E-state index contributed by atoms with van der Waals surface area (Å²) in [5, 5.41) is 0. The van der Waals surface area contributed by atoms with Gasteiger partial charge < -0.3 is 0 Å². The van der Waals surface area contributed by atoms with Crippen LogP contribution in [0, 0.1) is 0 Å². The lowest BCUT2D eigenvalue weighted by atomic mass is 9.92. The van der Waals surface area contributed by atoms with E-state index >= 15 is 0 Å². The van der Waals surface area contributed by atoms with Gasteiger partial charge in [-0.3, -0.25) is 0 Å². The summed E-state index contributed by atoms with van der Waals surface area (Å²) >= 11 is 0. The second-order valence-corrected chi connectivity index (χ2v) is 15.8. The molecule has 0 fully saturated rings. The van der Waals surface area contributed by atoms with E-state index < -0.39 is 0 Å². The van der Waals surface area contributed by atoms with Crippen LogP contribution in [-0.2, 0) is 0 Å². The largest absolute Gasteiger partial charge is 0.257 e. The predicted octanol–water partition coefficient (Wildman–Crippen LogP) is 16.1. The van der Waals surface area contributed by atoms with Crippen molar-refractivity contribution >= 4 is 0 Å². The topological polar surface area (TPSA) is 19.7 Å². The van der Waals surface area contributed by atoms with Crippen LogP contribution < -0.4 is 4.57 Å². The van der Waals surface area contributed by atoms with Gasteiger partial charge in [-0.15, -0.1) is 0 Å². The number of imidazole rings is 1. The maximum Gasteiger partial charge on any atom is 0.257 e. The zero-order chi connectivity index (χ0) is 33.9. The molecule has 0 aromatic carbocycles. The lowest BCUT2D eigenvalue weighted by molar-refractivity contribution is -0.727. The minimum Gasteiger partial charge on any atom is -0.247 e. The van der Waals surface area contributed by atoms with Crippen LogP contribution in [0.15, 0.2) is 12.4 Å². The van der Waals surface area contributed by atoms with E-state index in [9.17, 15) is 0 Å². The van der Waals surface area contributed by atoms with E-state index in [4.69, 9.17) is 0 Å². The highest BCUT2D eigenvalue weighted by atomic mass is 15.1. The average molecular weight is 658 g/mol. The van der Waals surface area contributed by atoms with Gasteiger partial charge in [0.25, 0.3) is 5.82 Å². The molecule has 0 saturated heterocycles. The fraction of sp³-hybridized carbons (Fsp3) is 0.933. The molecule has 0 spiro atoms. The average Bonchev–Trinajstić information content (AvgIpc) is 3.57. The number of nitrogens with one attached hydrogen (secondary N) is 1. The Morgan fingerprint density at radius 2 is 0.681 bits per heavy atom. The first-order valence-corrected chi connectivity index (χ1v) is 22.3. The van der Waals surface area contributed by atoms with Gasteiger partial charge in [-0.2, -0.15) is 0 Å². The fourth-order valence-corrected chi connectivity index (χ4v) is 7.84. The molecule has 0 bridgehead atoms. The van der Waals surface area contributed by atoms with Gasteiger partial charge in [0.1, 0.15) is 12.4 Å². The Labute approximate surface area is 297 Å². The smallest absolute Gasteiger partial charge is 0.247 e. The van der Waals surface area contributed by atoms with Crippen molar-refractivity contribution in [2.24, 2.45) is 0 Å². The van der Waals surface area contributed by atoms with E-state index in [1.54, 1.807) is 0 Å². The van der Waals surface area contributed by atoms with Crippen molar-refractivity contribution in [1.82, 2.24) is 4.98 Å². The number of nitrogens with zero attached hydrogens (tertiary/aromatic N) is 1. The number of H-pyrrole nitrogens is 1. The molecule has 1 rings (SSSR count). The third-order valence-corrected chi connectivity index (χ3v) is 11.1. The van der Waals surface area contributed by atoms with E-state index in [-0.39, 0.29) is 0 Å². The summed E-state index contributed by atoms with van der Waals surface area (Å²) < 4.78 is 2.65. The molecule has 0 aliphatic rings. The summed E-state index contributed by atoms with van der Waals surface area (Å²) in [6.45, 7) is 9.43. The molecule has 278 valence electrons. The van der Waals surface area contributed by atoms with Gasteiger partial charge >= 0.3 is 0 Å². The van der Waals surface area contributed by atoms with E-state index in [2.05, 4.69) is 49.6 Å². The Morgan fingerprint density at radius 3 is 1.00 bits per heavy atom. The highest BCUT2D eigenvalue weighted by Crippen LogP contribution is 2.27. The van der Waals surface area contributed by atoms with Crippen molar-refractivity contribution in [2.45, 2.75) is 271 Å². The van der Waals surface area contributed by atoms with Crippen molar-refractivity contribution in [2.75, 3.05) is 0 Å². The third-order valence-electron chi connectivity index (χ3n) is 11.1. The lowest BCUT2D eigenvalue weighted by Crippen LogP contribution is -2.41. The van der Waals surface area contributed by atoms with Gasteiger partial charge in [0.15, 0.2) is 0 Å². The van der Waals surface area contributed by atoms with Gasteiger partial charge in [-0.25, -0.2) is 9.55 Å². The Balaban J connectivity index is 2.33. The number of hydrogen-bond donors (Lipinski definition) is 1. The Morgan fingerprint density at radius 1 is 0.404 bits per heavy atom. The van der Waals surface area contributed by atoms with Gasteiger partial charge in [0, 0.05) is 0 Å². The molecule has 0 saturated carbocycles. The van der Waals surface area contributed by atoms with Crippen LogP contribution in [0.1, 0.15) is 277 Å². The molecule has 1 aromatic rings. The number of aromatic nitrogens is 2. The van der Waals surface area contributed by atoms with Crippen LogP contribution in [0.4, 0.5) is 0 Å². The fourth-order valence-electron chi connectivity index (χ4n) is 7.84. The van der Waals surface area contributed by atoms with Crippen LogP contribution in [0.5, 0.6) is 0 Å². The summed E-state index contributed by atoms with van der Waals surface area (Å²) in [6.07, 6.45) is 56.1. The second-order valence-electron chi connectivity index (χ2n) is 15.8. The SMILES string of the molecule is CCCCCCCCCCCCCCCCCC(CCCCCCCCC)c1[nH]cc[n+]1C(C)CCCCCCCCCCCCC. The van der Waals surface area contributed by atoms with E-state index in [0.717, 1.165) is 0 Å². The van der Waals surface area contributed by atoms with Crippen molar-refractivity contribution in [3.63, 3.8) is 0 Å². The molecule has 0 aliphatic heterocycles. The zero-order valence-corrected chi connectivity index (χ0v) is 33.2. The Kier molecular flexibility index (Phi) is 33.0. The molecule has 0 radical (unpaired) electrons. The summed E-state index contributed by atoms with van der Waals surface area (Å²) in [5.41, 5.74) is 0. The summed E-state index contributed by atoms with van der Waals surface area (Å²) in [4.78, 5) is 3.76. The molecule has 0 aliphatic carbocycles. The molecule has 1 N–H and O–H groups in total. The maximum absolute atomic E-state index is 3.76. The van der Waals surface area contributed by atoms with E-state index in [1.165, 1.54) is 237 Å². The summed E-state index contributed by atoms with van der Waals surface area (Å²) in [6, 6.07) is 0.618. The summed E-state index contributed by atoms with van der Waals surface area (Å²) in [5.74, 6) is 2.25. The molecule has 2 nitrogen and oxygen atoms in total. The first kappa shape index (κ1) is 44.2. The van der Waals surface area contributed by atoms with Crippen LogP contribution >= 0.6 is 0 Å². The quantitative estimate of drug-likeness (QED) is 0.0539. The Bertz CT molecular complexity index is 723. The van der Waals surface area contributed by atoms with Gasteiger partial charge in [-0.1, -0.05) is 226 Å². The Hall–Kier alpha value is -0.790. The van der Waals surface area contributed by atoms with Gasteiger partial charge in [0.2, 0.25) is 0 Å². The van der Waals surface area contributed by atoms with Crippen LogP contribution in [0.25, 0.3) is 0 Å². The number of unbranched alkanes of at least 4 members (excludes halogenated alkanes) is 30. The maximum atomic E-state index is 3.76. The number of rotatable bonds is 38. The monoisotopic (exact) mass is 658 g/mol. The zero-order valence-electron chi connectivity index (χ0n) is 33.2. The standard InChI is InChI=1S/C45H88N2/c1-5-8-11-14-17-19-21-22-23-24-26-28-31-34-37-40-44(39-36-33-29-16-13-10-7-3)45-46-41-42-47(45)43(4)38-35-32-30-27-25-20-18-15-12-9-6-2/h41-44H,5-40H2,1-4H3/p+1. The molecular formula is C45H89N2+. The minimum absolute atomic E-state index is 0.618. The van der Waals surface area contributed by atoms with E-state index in [0.29, 0.717) is 12.0 Å². The molecule has 47 heavy (non-hydrogen) atoms. The molecule has 0 amide bonds. The molecule has 1 heterocycles. The second kappa shape index (κ2) is 35.1. The van der Waals surface area contributed by atoms with Crippen molar-refractivity contribution in [1.29, 1.82) is 0 Å².